The maximum Gasteiger partial charge on any atom is 0.125 e. The summed E-state index contributed by atoms with van der Waals surface area (Å²) in [5.41, 5.74) is 2.20. The fourth-order valence-corrected chi connectivity index (χ4v) is 2.59. The Bertz CT molecular complexity index is 405. The van der Waals surface area contributed by atoms with Crippen LogP contribution < -0.4 is 10.2 Å². The number of hydrogen-bond donors (Lipinski definition) is 1. The topological polar surface area (TPSA) is 15.3 Å². The lowest BCUT2D eigenvalue weighted by atomic mass is 9.96. The minimum absolute atomic E-state index is 0.144. The van der Waals surface area contributed by atoms with E-state index in [4.69, 9.17) is 0 Å². The van der Waals surface area contributed by atoms with E-state index in [1.165, 1.54) is 12.5 Å². The summed E-state index contributed by atoms with van der Waals surface area (Å²) < 4.78 is 13.4. The quantitative estimate of drug-likeness (QED) is 0.887. The molecule has 0 saturated carbocycles. The zero-order chi connectivity index (χ0) is 13.1. The van der Waals surface area contributed by atoms with Crippen molar-refractivity contribution in [2.24, 2.45) is 5.92 Å². The third-order valence-electron chi connectivity index (χ3n) is 4.05. The van der Waals surface area contributed by atoms with Crippen molar-refractivity contribution < 1.29 is 4.39 Å². The van der Waals surface area contributed by atoms with Gasteiger partial charge in [-0.25, -0.2) is 4.39 Å². The molecule has 0 bridgehead atoms. The molecule has 18 heavy (non-hydrogen) atoms. The van der Waals surface area contributed by atoms with E-state index in [1.54, 1.807) is 6.07 Å². The molecule has 0 radical (unpaired) electrons. The van der Waals surface area contributed by atoms with E-state index in [-0.39, 0.29) is 5.82 Å². The number of nitrogens with one attached hydrogen (secondary N) is 1. The highest BCUT2D eigenvalue weighted by molar-refractivity contribution is 5.53. The van der Waals surface area contributed by atoms with Crippen LogP contribution in [0.3, 0.4) is 0 Å². The SMILES string of the molecule is CCC(C)C1CN(c2cc(F)ccc2C)CCN1. The van der Waals surface area contributed by atoms with E-state index >= 15 is 0 Å². The van der Waals surface area contributed by atoms with Gasteiger partial charge in [-0.15, -0.1) is 0 Å². The van der Waals surface area contributed by atoms with E-state index in [0.29, 0.717) is 12.0 Å². The van der Waals surface area contributed by atoms with Crippen molar-refractivity contribution in [3.63, 3.8) is 0 Å². The second kappa shape index (κ2) is 5.70. The third kappa shape index (κ3) is 2.83. The summed E-state index contributed by atoms with van der Waals surface area (Å²) in [6.45, 7) is 9.45. The van der Waals surface area contributed by atoms with Crippen molar-refractivity contribution in [2.75, 3.05) is 24.5 Å². The number of aryl methyl sites for hydroxylation is 1. The smallest absolute Gasteiger partial charge is 0.125 e. The summed E-state index contributed by atoms with van der Waals surface area (Å²) in [4.78, 5) is 2.31. The maximum absolute atomic E-state index is 13.4. The number of rotatable bonds is 3. The largest absolute Gasteiger partial charge is 0.368 e. The van der Waals surface area contributed by atoms with Gasteiger partial charge in [0.2, 0.25) is 0 Å². The molecule has 1 aromatic rings. The van der Waals surface area contributed by atoms with Gasteiger partial charge in [0, 0.05) is 31.4 Å². The van der Waals surface area contributed by atoms with Gasteiger partial charge in [0.05, 0.1) is 0 Å². The highest BCUT2D eigenvalue weighted by Gasteiger charge is 2.24. The Kier molecular flexibility index (Phi) is 4.23. The number of piperazine rings is 1. The Hall–Kier alpha value is -1.09. The van der Waals surface area contributed by atoms with Crippen LogP contribution in [0.2, 0.25) is 0 Å². The Morgan fingerprint density at radius 1 is 1.50 bits per heavy atom. The lowest BCUT2D eigenvalue weighted by Crippen LogP contribution is -2.53. The molecule has 0 aromatic heterocycles. The minimum atomic E-state index is -0.144. The van der Waals surface area contributed by atoms with Gasteiger partial charge < -0.3 is 10.2 Å². The number of halogens is 1. The summed E-state index contributed by atoms with van der Waals surface area (Å²) in [6, 6.07) is 5.57. The average molecular weight is 250 g/mol. The van der Waals surface area contributed by atoms with Gasteiger partial charge >= 0.3 is 0 Å². The molecule has 3 heteroatoms. The van der Waals surface area contributed by atoms with Crippen LogP contribution in [0.5, 0.6) is 0 Å². The molecular weight excluding hydrogens is 227 g/mol. The van der Waals surface area contributed by atoms with Gasteiger partial charge in [0.1, 0.15) is 5.82 Å². The monoisotopic (exact) mass is 250 g/mol. The Labute approximate surface area is 109 Å². The van der Waals surface area contributed by atoms with E-state index in [0.717, 1.165) is 30.9 Å². The van der Waals surface area contributed by atoms with E-state index in [1.807, 2.05) is 6.07 Å². The minimum Gasteiger partial charge on any atom is -0.368 e. The summed E-state index contributed by atoms with van der Waals surface area (Å²) in [6.07, 6.45) is 1.17. The fourth-order valence-electron chi connectivity index (χ4n) is 2.59. The Balaban J connectivity index is 2.15. The molecule has 0 amide bonds. The highest BCUT2D eigenvalue weighted by Crippen LogP contribution is 2.24. The first-order valence-corrected chi connectivity index (χ1v) is 6.86. The molecule has 1 fully saturated rings. The first-order chi connectivity index (χ1) is 8.61. The summed E-state index contributed by atoms with van der Waals surface area (Å²) in [7, 11) is 0. The first kappa shape index (κ1) is 13.3. The van der Waals surface area contributed by atoms with Gasteiger partial charge in [-0.05, 0) is 30.5 Å². The van der Waals surface area contributed by atoms with Gasteiger partial charge in [-0.3, -0.25) is 0 Å². The van der Waals surface area contributed by atoms with Crippen LogP contribution in [0.4, 0.5) is 10.1 Å². The number of hydrogen-bond acceptors (Lipinski definition) is 2. The second-order valence-electron chi connectivity index (χ2n) is 5.32. The van der Waals surface area contributed by atoms with Crippen molar-refractivity contribution in [3.8, 4) is 0 Å². The van der Waals surface area contributed by atoms with Gasteiger partial charge in [0.25, 0.3) is 0 Å². The van der Waals surface area contributed by atoms with Gasteiger partial charge in [0.15, 0.2) is 0 Å². The van der Waals surface area contributed by atoms with Gasteiger partial charge in [-0.1, -0.05) is 26.3 Å². The normalized spacial score (nSPS) is 22.0. The zero-order valence-electron chi connectivity index (χ0n) is 11.5. The molecule has 2 nitrogen and oxygen atoms in total. The molecule has 2 atom stereocenters. The molecular formula is C15H23FN2. The molecule has 0 aliphatic carbocycles. The summed E-state index contributed by atoms with van der Waals surface area (Å²) >= 11 is 0. The number of nitrogens with zero attached hydrogens (tertiary/aromatic N) is 1. The second-order valence-corrected chi connectivity index (χ2v) is 5.32. The molecule has 0 spiro atoms. The predicted octanol–water partition coefficient (Wildman–Crippen LogP) is 2.96. The number of anilines is 1. The average Bonchev–Trinajstić information content (AvgIpc) is 2.40. The molecule has 1 N–H and O–H groups in total. The molecule has 2 unspecified atom stereocenters. The van der Waals surface area contributed by atoms with Crippen molar-refractivity contribution in [1.82, 2.24) is 5.32 Å². The predicted molar refractivity (Wildman–Crippen MR) is 74.6 cm³/mol. The van der Waals surface area contributed by atoms with E-state index < -0.39 is 0 Å². The van der Waals surface area contributed by atoms with Crippen LogP contribution in [0.15, 0.2) is 18.2 Å². The van der Waals surface area contributed by atoms with E-state index in [2.05, 4.69) is 31.0 Å². The molecule has 100 valence electrons. The maximum atomic E-state index is 13.4. The van der Waals surface area contributed by atoms with Crippen molar-refractivity contribution in [1.29, 1.82) is 0 Å². The highest BCUT2D eigenvalue weighted by atomic mass is 19.1. The Morgan fingerprint density at radius 3 is 3.00 bits per heavy atom. The molecule has 1 aromatic carbocycles. The fraction of sp³-hybridized carbons (Fsp3) is 0.600. The molecule has 1 heterocycles. The van der Waals surface area contributed by atoms with Crippen LogP contribution in [0.1, 0.15) is 25.8 Å². The molecule has 1 saturated heterocycles. The van der Waals surface area contributed by atoms with E-state index in [9.17, 15) is 4.39 Å². The lowest BCUT2D eigenvalue weighted by Gasteiger charge is -2.38. The van der Waals surface area contributed by atoms with Crippen LogP contribution in [0.25, 0.3) is 0 Å². The van der Waals surface area contributed by atoms with Crippen LogP contribution in [0, 0.1) is 18.7 Å². The van der Waals surface area contributed by atoms with Crippen LogP contribution in [-0.4, -0.2) is 25.7 Å². The first-order valence-electron chi connectivity index (χ1n) is 6.86. The standard InChI is InChI=1S/C15H23FN2/c1-4-11(2)14-10-18(8-7-17-14)15-9-13(16)6-5-12(15)3/h5-6,9,11,14,17H,4,7-8,10H2,1-3H3. The summed E-state index contributed by atoms with van der Waals surface area (Å²) in [5, 5.41) is 3.57. The van der Waals surface area contributed by atoms with Gasteiger partial charge in [-0.2, -0.15) is 0 Å². The lowest BCUT2D eigenvalue weighted by molar-refractivity contribution is 0.341. The molecule has 1 aliphatic rings. The molecule has 2 rings (SSSR count). The van der Waals surface area contributed by atoms with Crippen molar-refractivity contribution in [2.45, 2.75) is 33.2 Å². The zero-order valence-corrected chi connectivity index (χ0v) is 11.5. The summed E-state index contributed by atoms with van der Waals surface area (Å²) in [5.74, 6) is 0.510. The van der Waals surface area contributed by atoms with Crippen LogP contribution in [-0.2, 0) is 0 Å². The molecule has 1 aliphatic heterocycles. The van der Waals surface area contributed by atoms with Crippen molar-refractivity contribution in [3.05, 3.63) is 29.6 Å². The third-order valence-corrected chi connectivity index (χ3v) is 4.05. The van der Waals surface area contributed by atoms with Crippen molar-refractivity contribution >= 4 is 5.69 Å². The van der Waals surface area contributed by atoms with Crippen LogP contribution >= 0.6 is 0 Å². The Morgan fingerprint density at radius 2 is 2.28 bits per heavy atom. The number of benzene rings is 1.